The van der Waals surface area contributed by atoms with E-state index in [1.54, 1.807) is 14.2 Å². The fourth-order valence-electron chi connectivity index (χ4n) is 4.24. The van der Waals surface area contributed by atoms with Crippen molar-refractivity contribution in [1.82, 2.24) is 0 Å². The highest BCUT2D eigenvalue weighted by Crippen LogP contribution is 2.52. The minimum atomic E-state index is -0.672. The molecule has 1 aliphatic carbocycles. The summed E-state index contributed by atoms with van der Waals surface area (Å²) >= 11 is 3.99. The molecule has 0 saturated carbocycles. The lowest BCUT2D eigenvalue weighted by molar-refractivity contribution is 0.408. The number of ether oxygens (including phenoxy) is 2. The van der Waals surface area contributed by atoms with Crippen LogP contribution in [0.5, 0.6) is 11.5 Å². The van der Waals surface area contributed by atoms with Gasteiger partial charge in [-0.1, -0.05) is 40.6 Å². The second-order valence-electron chi connectivity index (χ2n) is 7.61. The van der Waals surface area contributed by atoms with Crippen LogP contribution in [0, 0.1) is 27.7 Å². The molecule has 0 bridgehead atoms. The summed E-state index contributed by atoms with van der Waals surface area (Å²) in [4.78, 5) is 0.295. The standard InChI is InChI=1S/C25H30BrO2P/c1-8-19-9-10-22(23(19)26)29(20-11-15(2)24(27-6)16(3)12-20)21-13-17(4)25(28-7)18(5)14-21/h9-14,23H,8H2,1-7H3. The van der Waals surface area contributed by atoms with Gasteiger partial charge < -0.3 is 9.47 Å². The summed E-state index contributed by atoms with van der Waals surface area (Å²) in [6.45, 7) is 10.8. The maximum Gasteiger partial charge on any atom is 0.124 e. The maximum atomic E-state index is 5.62. The number of alkyl halides is 1. The van der Waals surface area contributed by atoms with Crippen molar-refractivity contribution in [3.8, 4) is 11.5 Å². The van der Waals surface area contributed by atoms with Crippen LogP contribution in [0.4, 0.5) is 0 Å². The van der Waals surface area contributed by atoms with E-state index in [1.807, 2.05) is 0 Å². The van der Waals surface area contributed by atoms with E-state index >= 15 is 0 Å². The number of aryl methyl sites for hydroxylation is 4. The molecule has 0 saturated heterocycles. The van der Waals surface area contributed by atoms with E-state index < -0.39 is 7.92 Å². The summed E-state index contributed by atoms with van der Waals surface area (Å²) in [7, 11) is 2.83. The Labute approximate surface area is 184 Å². The highest BCUT2D eigenvalue weighted by atomic mass is 79.9. The Kier molecular flexibility index (Phi) is 6.91. The molecule has 0 amide bonds. The lowest BCUT2D eigenvalue weighted by Gasteiger charge is -2.26. The molecule has 4 heteroatoms. The zero-order valence-electron chi connectivity index (χ0n) is 18.4. The zero-order chi connectivity index (χ0) is 21.3. The SMILES string of the molecule is CCC1=CC=C(P(c2cc(C)c(OC)c(C)c2)c2cc(C)c(OC)c(C)c2)C1Br. The topological polar surface area (TPSA) is 18.5 Å². The average Bonchev–Trinajstić information content (AvgIpc) is 3.02. The second kappa shape index (κ2) is 9.06. The molecule has 2 aromatic carbocycles. The Morgan fingerprint density at radius 2 is 1.21 bits per heavy atom. The quantitative estimate of drug-likeness (QED) is 0.359. The van der Waals surface area contributed by atoms with Gasteiger partial charge in [-0.15, -0.1) is 0 Å². The van der Waals surface area contributed by atoms with Crippen LogP contribution in [0.25, 0.3) is 0 Å². The van der Waals surface area contributed by atoms with Gasteiger partial charge in [0.2, 0.25) is 0 Å². The highest BCUT2D eigenvalue weighted by molar-refractivity contribution is 9.09. The molecule has 0 aromatic heterocycles. The van der Waals surface area contributed by atoms with Crippen LogP contribution < -0.4 is 20.1 Å². The molecular formula is C25H30BrO2P. The lowest BCUT2D eigenvalue weighted by atomic mass is 10.1. The first-order valence-corrected chi connectivity index (χ1v) is 12.2. The van der Waals surface area contributed by atoms with Crippen molar-refractivity contribution in [1.29, 1.82) is 0 Å². The van der Waals surface area contributed by atoms with Gasteiger partial charge in [-0.3, -0.25) is 0 Å². The number of benzene rings is 2. The number of hydrogen-bond donors (Lipinski definition) is 0. The van der Waals surface area contributed by atoms with Crippen molar-refractivity contribution in [2.75, 3.05) is 14.2 Å². The molecule has 1 aliphatic rings. The fraction of sp³-hybridized carbons (Fsp3) is 0.360. The molecule has 2 aromatic rings. The molecule has 1 unspecified atom stereocenters. The molecule has 0 aliphatic heterocycles. The van der Waals surface area contributed by atoms with Crippen LogP contribution in [-0.4, -0.2) is 19.0 Å². The van der Waals surface area contributed by atoms with Crippen LogP contribution >= 0.6 is 23.9 Å². The second-order valence-corrected chi connectivity index (χ2v) is 10.7. The number of rotatable bonds is 6. The molecule has 154 valence electrons. The number of hydrogen-bond acceptors (Lipinski definition) is 2. The largest absolute Gasteiger partial charge is 0.496 e. The summed E-state index contributed by atoms with van der Waals surface area (Å²) in [6, 6.07) is 9.21. The third kappa shape index (κ3) is 4.18. The van der Waals surface area contributed by atoms with Gasteiger partial charge in [0.25, 0.3) is 0 Å². The van der Waals surface area contributed by atoms with Crippen LogP contribution in [0.1, 0.15) is 35.6 Å². The van der Waals surface area contributed by atoms with Crippen molar-refractivity contribution in [3.05, 3.63) is 69.6 Å². The van der Waals surface area contributed by atoms with E-state index in [1.165, 1.54) is 43.8 Å². The molecule has 0 radical (unpaired) electrons. The molecule has 29 heavy (non-hydrogen) atoms. The van der Waals surface area contributed by atoms with Gasteiger partial charge in [0.15, 0.2) is 0 Å². The summed E-state index contributed by atoms with van der Waals surface area (Å²) in [5.41, 5.74) is 6.18. The Bertz CT molecular complexity index is 885. The van der Waals surface area contributed by atoms with Gasteiger partial charge in [0.1, 0.15) is 11.5 Å². The minimum absolute atomic E-state index is 0.295. The first-order chi connectivity index (χ1) is 13.8. The Morgan fingerprint density at radius 3 is 1.52 bits per heavy atom. The van der Waals surface area contributed by atoms with E-state index in [4.69, 9.17) is 9.47 Å². The van der Waals surface area contributed by atoms with Gasteiger partial charge in [-0.25, -0.2) is 0 Å². The zero-order valence-corrected chi connectivity index (χ0v) is 20.9. The molecule has 2 nitrogen and oxygen atoms in total. The third-order valence-corrected chi connectivity index (χ3v) is 9.44. The molecule has 3 rings (SSSR count). The van der Waals surface area contributed by atoms with Crippen molar-refractivity contribution in [2.24, 2.45) is 0 Å². The number of allylic oxidation sites excluding steroid dienone is 4. The normalized spacial score (nSPS) is 16.1. The van der Waals surface area contributed by atoms with Crippen LogP contribution in [-0.2, 0) is 0 Å². The molecule has 1 atom stereocenters. The fourth-order valence-corrected chi connectivity index (χ4v) is 8.29. The number of halogens is 1. The first kappa shape index (κ1) is 22.1. The van der Waals surface area contributed by atoms with Crippen molar-refractivity contribution in [3.63, 3.8) is 0 Å². The van der Waals surface area contributed by atoms with Crippen LogP contribution in [0.15, 0.2) is 47.3 Å². The molecule has 0 spiro atoms. The van der Waals surface area contributed by atoms with E-state index in [2.05, 4.69) is 87.0 Å². The van der Waals surface area contributed by atoms with Gasteiger partial charge in [0.05, 0.1) is 19.0 Å². The Hall–Kier alpha value is -1.57. The van der Waals surface area contributed by atoms with E-state index in [-0.39, 0.29) is 0 Å². The summed E-state index contributed by atoms with van der Waals surface area (Å²) < 4.78 is 11.2. The Morgan fingerprint density at radius 1 is 0.793 bits per heavy atom. The minimum Gasteiger partial charge on any atom is -0.496 e. The van der Waals surface area contributed by atoms with Gasteiger partial charge in [0, 0.05) is 0 Å². The van der Waals surface area contributed by atoms with Crippen LogP contribution in [0.3, 0.4) is 0 Å². The van der Waals surface area contributed by atoms with Gasteiger partial charge >= 0.3 is 0 Å². The molecule has 0 heterocycles. The highest BCUT2D eigenvalue weighted by Gasteiger charge is 2.29. The van der Waals surface area contributed by atoms with Gasteiger partial charge in [-0.2, -0.15) is 0 Å². The summed E-state index contributed by atoms with van der Waals surface area (Å²) in [6.07, 6.45) is 5.67. The molecular weight excluding hydrogens is 443 g/mol. The maximum absolute atomic E-state index is 5.62. The summed E-state index contributed by atoms with van der Waals surface area (Å²) in [5.74, 6) is 1.96. The molecule has 0 fully saturated rings. The van der Waals surface area contributed by atoms with Crippen molar-refractivity contribution < 1.29 is 9.47 Å². The van der Waals surface area contributed by atoms with E-state index in [0.717, 1.165) is 17.9 Å². The van der Waals surface area contributed by atoms with E-state index in [0.29, 0.717) is 4.83 Å². The average molecular weight is 473 g/mol. The molecule has 0 N–H and O–H groups in total. The van der Waals surface area contributed by atoms with Gasteiger partial charge in [-0.05, 0) is 104 Å². The predicted molar refractivity (Wildman–Crippen MR) is 130 cm³/mol. The van der Waals surface area contributed by atoms with Crippen molar-refractivity contribution >= 4 is 34.5 Å². The van der Waals surface area contributed by atoms with Crippen molar-refractivity contribution in [2.45, 2.75) is 45.9 Å². The monoisotopic (exact) mass is 472 g/mol. The first-order valence-electron chi connectivity index (χ1n) is 9.97. The lowest BCUT2D eigenvalue weighted by Crippen LogP contribution is -2.19. The predicted octanol–water partition coefficient (Wildman–Crippen LogP) is 6.37. The Balaban J connectivity index is 2.20. The van der Waals surface area contributed by atoms with E-state index in [9.17, 15) is 0 Å². The van der Waals surface area contributed by atoms with Crippen LogP contribution in [0.2, 0.25) is 0 Å². The summed E-state index contributed by atoms with van der Waals surface area (Å²) in [5, 5.41) is 4.17. The smallest absolute Gasteiger partial charge is 0.124 e. The number of methoxy groups -OCH3 is 2. The third-order valence-electron chi connectivity index (χ3n) is 5.53.